The van der Waals surface area contributed by atoms with E-state index in [2.05, 4.69) is 10.2 Å². The van der Waals surface area contributed by atoms with E-state index in [1.807, 2.05) is 6.92 Å². The lowest BCUT2D eigenvalue weighted by molar-refractivity contribution is 0.0402. The summed E-state index contributed by atoms with van der Waals surface area (Å²) in [5, 5.41) is 22.7. The maximum absolute atomic E-state index is 9.88. The van der Waals surface area contributed by atoms with Crippen molar-refractivity contribution in [3.8, 4) is 0 Å². The van der Waals surface area contributed by atoms with Crippen LogP contribution in [0.15, 0.2) is 0 Å². The molecule has 0 aromatic rings. The molecule has 0 aromatic carbocycles. The first-order valence-electron chi connectivity index (χ1n) is 8.43. The van der Waals surface area contributed by atoms with Gasteiger partial charge in [0, 0.05) is 25.7 Å². The molecule has 20 heavy (non-hydrogen) atoms. The van der Waals surface area contributed by atoms with Gasteiger partial charge in [-0.05, 0) is 44.6 Å². The maximum atomic E-state index is 9.88. The fourth-order valence-corrected chi connectivity index (χ4v) is 3.78. The van der Waals surface area contributed by atoms with Crippen molar-refractivity contribution >= 4 is 0 Å². The monoisotopic (exact) mass is 284 g/mol. The van der Waals surface area contributed by atoms with Crippen molar-refractivity contribution in [1.29, 1.82) is 0 Å². The van der Waals surface area contributed by atoms with Gasteiger partial charge in [0.25, 0.3) is 0 Å². The van der Waals surface area contributed by atoms with Gasteiger partial charge in [0.15, 0.2) is 0 Å². The molecule has 0 spiro atoms. The molecule has 1 aliphatic heterocycles. The van der Waals surface area contributed by atoms with Crippen LogP contribution in [0.25, 0.3) is 0 Å². The molecular formula is C16H32N2O2. The SMILES string of the molecule is CC(O)C1CC(NCC2CCCCC2)CN(CCO)C1. The molecular weight excluding hydrogens is 252 g/mol. The lowest BCUT2D eigenvalue weighted by Crippen LogP contribution is -2.52. The molecule has 3 unspecified atom stereocenters. The molecule has 118 valence electrons. The Morgan fingerprint density at radius 1 is 1.20 bits per heavy atom. The second kappa shape index (κ2) is 8.32. The lowest BCUT2D eigenvalue weighted by Gasteiger charge is -2.39. The first kappa shape index (κ1) is 16.2. The molecule has 4 heteroatoms. The topological polar surface area (TPSA) is 55.7 Å². The van der Waals surface area contributed by atoms with Gasteiger partial charge in [-0.15, -0.1) is 0 Å². The van der Waals surface area contributed by atoms with Crippen LogP contribution in [0.3, 0.4) is 0 Å². The molecule has 2 fully saturated rings. The zero-order valence-electron chi connectivity index (χ0n) is 12.9. The molecule has 2 rings (SSSR count). The number of piperidine rings is 1. The van der Waals surface area contributed by atoms with Crippen LogP contribution in [0.1, 0.15) is 45.4 Å². The molecule has 1 saturated heterocycles. The molecule has 0 radical (unpaired) electrons. The van der Waals surface area contributed by atoms with Crippen molar-refractivity contribution in [2.75, 3.05) is 32.8 Å². The molecule has 0 bridgehead atoms. The Kier molecular flexibility index (Phi) is 6.75. The standard InChI is InChI=1S/C16H32N2O2/c1-13(20)15-9-16(12-18(11-15)7-8-19)17-10-14-5-3-2-4-6-14/h13-17,19-20H,2-12H2,1H3. The molecule has 3 atom stereocenters. The third-order valence-electron chi connectivity index (χ3n) is 5.08. The number of hydrogen-bond acceptors (Lipinski definition) is 4. The van der Waals surface area contributed by atoms with Crippen molar-refractivity contribution in [2.24, 2.45) is 11.8 Å². The van der Waals surface area contributed by atoms with Crippen molar-refractivity contribution in [1.82, 2.24) is 10.2 Å². The molecule has 2 aliphatic rings. The predicted molar refractivity (Wildman–Crippen MR) is 81.7 cm³/mol. The van der Waals surface area contributed by atoms with Crippen LogP contribution in [0, 0.1) is 11.8 Å². The molecule has 3 N–H and O–H groups in total. The van der Waals surface area contributed by atoms with Gasteiger partial charge in [0.05, 0.1) is 12.7 Å². The number of likely N-dealkylation sites (tertiary alicyclic amines) is 1. The van der Waals surface area contributed by atoms with E-state index in [4.69, 9.17) is 5.11 Å². The zero-order chi connectivity index (χ0) is 14.4. The van der Waals surface area contributed by atoms with Crippen molar-refractivity contribution < 1.29 is 10.2 Å². The van der Waals surface area contributed by atoms with Gasteiger partial charge in [-0.1, -0.05) is 19.3 Å². The Morgan fingerprint density at radius 3 is 2.60 bits per heavy atom. The summed E-state index contributed by atoms with van der Waals surface area (Å²) in [6.07, 6.45) is 7.75. The third kappa shape index (κ3) is 4.99. The zero-order valence-corrected chi connectivity index (χ0v) is 12.9. The van der Waals surface area contributed by atoms with Crippen LogP contribution < -0.4 is 5.32 Å². The number of aliphatic hydroxyl groups excluding tert-OH is 2. The number of β-amino-alcohol motifs (C(OH)–C–C–N with tert-alkyl or cyclic N) is 1. The average molecular weight is 284 g/mol. The summed E-state index contributed by atoms with van der Waals surface area (Å²) in [5.41, 5.74) is 0. The van der Waals surface area contributed by atoms with Gasteiger partial charge >= 0.3 is 0 Å². The van der Waals surface area contributed by atoms with Gasteiger partial charge in [-0.3, -0.25) is 4.90 Å². The van der Waals surface area contributed by atoms with E-state index < -0.39 is 0 Å². The van der Waals surface area contributed by atoms with E-state index in [-0.39, 0.29) is 12.7 Å². The van der Waals surface area contributed by atoms with Crippen LogP contribution >= 0.6 is 0 Å². The van der Waals surface area contributed by atoms with E-state index in [1.54, 1.807) is 0 Å². The van der Waals surface area contributed by atoms with Gasteiger partial charge in [-0.2, -0.15) is 0 Å². The van der Waals surface area contributed by atoms with E-state index in [9.17, 15) is 5.11 Å². The second-order valence-electron chi connectivity index (χ2n) is 6.83. The van der Waals surface area contributed by atoms with Crippen LogP contribution in [0.2, 0.25) is 0 Å². The number of nitrogens with zero attached hydrogens (tertiary/aromatic N) is 1. The van der Waals surface area contributed by atoms with Crippen LogP contribution in [0.4, 0.5) is 0 Å². The first-order chi connectivity index (χ1) is 9.69. The van der Waals surface area contributed by atoms with Gasteiger partial charge < -0.3 is 15.5 Å². The number of hydrogen-bond donors (Lipinski definition) is 3. The molecule has 1 saturated carbocycles. The number of nitrogens with one attached hydrogen (secondary N) is 1. The summed E-state index contributed by atoms with van der Waals surface area (Å²) in [5.74, 6) is 1.18. The van der Waals surface area contributed by atoms with Crippen LogP contribution in [-0.4, -0.2) is 60.0 Å². The summed E-state index contributed by atoms with van der Waals surface area (Å²) >= 11 is 0. The molecule has 1 aliphatic carbocycles. The minimum absolute atomic E-state index is 0.210. The summed E-state index contributed by atoms with van der Waals surface area (Å²) in [7, 11) is 0. The lowest BCUT2D eigenvalue weighted by atomic mass is 9.87. The predicted octanol–water partition coefficient (Wildman–Crippen LogP) is 1.22. The fraction of sp³-hybridized carbons (Fsp3) is 1.00. The maximum Gasteiger partial charge on any atom is 0.0558 e. The van der Waals surface area contributed by atoms with Crippen molar-refractivity contribution in [3.63, 3.8) is 0 Å². The second-order valence-corrected chi connectivity index (χ2v) is 6.83. The van der Waals surface area contributed by atoms with E-state index >= 15 is 0 Å². The number of aliphatic hydroxyl groups is 2. The first-order valence-corrected chi connectivity index (χ1v) is 8.43. The third-order valence-corrected chi connectivity index (χ3v) is 5.08. The highest BCUT2D eigenvalue weighted by atomic mass is 16.3. The molecule has 4 nitrogen and oxygen atoms in total. The highest BCUT2D eigenvalue weighted by molar-refractivity contribution is 4.86. The minimum atomic E-state index is -0.254. The normalized spacial score (nSPS) is 31.4. The summed E-state index contributed by atoms with van der Waals surface area (Å²) < 4.78 is 0. The summed E-state index contributed by atoms with van der Waals surface area (Å²) in [4.78, 5) is 2.29. The van der Waals surface area contributed by atoms with E-state index in [1.165, 1.54) is 32.1 Å². The van der Waals surface area contributed by atoms with Crippen molar-refractivity contribution in [2.45, 2.75) is 57.6 Å². The van der Waals surface area contributed by atoms with Gasteiger partial charge in [-0.25, -0.2) is 0 Å². The molecule has 0 amide bonds. The largest absolute Gasteiger partial charge is 0.395 e. The van der Waals surface area contributed by atoms with E-state index in [0.29, 0.717) is 12.0 Å². The smallest absolute Gasteiger partial charge is 0.0558 e. The Hall–Kier alpha value is -0.160. The van der Waals surface area contributed by atoms with E-state index in [0.717, 1.165) is 38.5 Å². The van der Waals surface area contributed by atoms with Crippen molar-refractivity contribution in [3.05, 3.63) is 0 Å². The highest BCUT2D eigenvalue weighted by Gasteiger charge is 2.29. The van der Waals surface area contributed by atoms with Gasteiger partial charge in [0.2, 0.25) is 0 Å². The summed E-state index contributed by atoms with van der Waals surface area (Å²) in [6.45, 7) is 5.89. The highest BCUT2D eigenvalue weighted by Crippen LogP contribution is 2.24. The van der Waals surface area contributed by atoms with Gasteiger partial charge in [0.1, 0.15) is 0 Å². The molecule has 0 aromatic heterocycles. The number of rotatable bonds is 6. The van der Waals surface area contributed by atoms with Crippen LogP contribution in [0.5, 0.6) is 0 Å². The van der Waals surface area contributed by atoms with Crippen LogP contribution in [-0.2, 0) is 0 Å². The molecule has 1 heterocycles. The quantitative estimate of drug-likeness (QED) is 0.686. The Labute approximate surface area is 123 Å². The summed E-state index contributed by atoms with van der Waals surface area (Å²) in [6, 6.07) is 0.469. The Bertz CT molecular complexity index is 267. The fourth-order valence-electron chi connectivity index (χ4n) is 3.78. The average Bonchev–Trinajstić information content (AvgIpc) is 2.46. The Balaban J connectivity index is 1.78. The Morgan fingerprint density at radius 2 is 1.95 bits per heavy atom. The minimum Gasteiger partial charge on any atom is -0.395 e.